The SMILES string of the molecule is FC(F)(F)c1ccc(Nc2nncc(NCCc3ccccc3)n2)cc1. The molecule has 134 valence electrons. The molecule has 0 radical (unpaired) electrons. The number of nitrogens with one attached hydrogen (secondary N) is 2. The molecule has 3 aromatic rings. The molecule has 0 fully saturated rings. The quantitative estimate of drug-likeness (QED) is 0.687. The zero-order valence-corrected chi connectivity index (χ0v) is 13.7. The van der Waals surface area contributed by atoms with Gasteiger partial charge in [0, 0.05) is 12.2 Å². The molecule has 1 aromatic heterocycles. The van der Waals surface area contributed by atoms with Crippen LogP contribution in [-0.2, 0) is 12.6 Å². The van der Waals surface area contributed by atoms with Gasteiger partial charge in [-0.2, -0.15) is 23.3 Å². The maximum absolute atomic E-state index is 12.6. The van der Waals surface area contributed by atoms with E-state index in [0.717, 1.165) is 18.6 Å². The Balaban J connectivity index is 1.58. The van der Waals surface area contributed by atoms with E-state index in [2.05, 4.69) is 25.8 Å². The van der Waals surface area contributed by atoms with Crippen molar-refractivity contribution in [3.63, 3.8) is 0 Å². The van der Waals surface area contributed by atoms with Crippen molar-refractivity contribution in [2.24, 2.45) is 0 Å². The number of hydrogen-bond donors (Lipinski definition) is 2. The molecule has 0 unspecified atom stereocenters. The minimum Gasteiger partial charge on any atom is -0.368 e. The molecule has 3 rings (SSSR count). The summed E-state index contributed by atoms with van der Waals surface area (Å²) in [5.74, 6) is 0.736. The lowest BCUT2D eigenvalue weighted by Crippen LogP contribution is -2.09. The van der Waals surface area contributed by atoms with Gasteiger partial charge in [-0.05, 0) is 36.2 Å². The van der Waals surface area contributed by atoms with E-state index in [1.54, 1.807) is 0 Å². The van der Waals surface area contributed by atoms with E-state index >= 15 is 0 Å². The highest BCUT2D eigenvalue weighted by Crippen LogP contribution is 2.30. The fourth-order valence-electron chi connectivity index (χ4n) is 2.29. The average molecular weight is 359 g/mol. The minimum atomic E-state index is -4.36. The summed E-state index contributed by atoms with van der Waals surface area (Å²) in [6, 6.07) is 14.6. The summed E-state index contributed by atoms with van der Waals surface area (Å²) < 4.78 is 37.7. The van der Waals surface area contributed by atoms with Gasteiger partial charge in [0.15, 0.2) is 5.82 Å². The Hall–Kier alpha value is -3.16. The Kier molecular flexibility index (Phi) is 5.31. The Labute approximate surface area is 148 Å². The highest BCUT2D eigenvalue weighted by Gasteiger charge is 2.29. The zero-order chi connectivity index (χ0) is 18.4. The molecule has 0 amide bonds. The lowest BCUT2D eigenvalue weighted by Gasteiger charge is -2.09. The summed E-state index contributed by atoms with van der Waals surface area (Å²) in [5, 5.41) is 13.7. The van der Waals surface area contributed by atoms with Crippen molar-refractivity contribution in [3.8, 4) is 0 Å². The van der Waals surface area contributed by atoms with Gasteiger partial charge in [0.1, 0.15) is 0 Å². The molecule has 2 aromatic carbocycles. The van der Waals surface area contributed by atoms with Gasteiger partial charge in [0.2, 0.25) is 5.95 Å². The molecule has 0 atom stereocenters. The third kappa shape index (κ3) is 4.92. The van der Waals surface area contributed by atoms with Crippen LogP contribution in [0.5, 0.6) is 0 Å². The van der Waals surface area contributed by atoms with Gasteiger partial charge < -0.3 is 10.6 Å². The van der Waals surface area contributed by atoms with E-state index < -0.39 is 11.7 Å². The molecule has 26 heavy (non-hydrogen) atoms. The maximum atomic E-state index is 12.6. The summed E-state index contributed by atoms with van der Waals surface area (Å²) in [6.45, 7) is 0.669. The third-order valence-electron chi connectivity index (χ3n) is 3.59. The number of rotatable bonds is 6. The standard InChI is InChI=1S/C18H16F3N5/c19-18(20,21)14-6-8-15(9-7-14)24-17-25-16(12-23-26-17)22-11-10-13-4-2-1-3-5-13/h1-9,12H,10-11H2,(H2,22,24,25,26). The first kappa shape index (κ1) is 17.7. The third-order valence-corrected chi connectivity index (χ3v) is 3.59. The number of anilines is 3. The number of halogens is 3. The van der Waals surface area contributed by atoms with Crippen LogP contribution < -0.4 is 10.6 Å². The van der Waals surface area contributed by atoms with Gasteiger partial charge in [0.25, 0.3) is 0 Å². The van der Waals surface area contributed by atoms with Crippen molar-refractivity contribution in [3.05, 3.63) is 71.9 Å². The Bertz CT molecular complexity index is 835. The van der Waals surface area contributed by atoms with Crippen molar-refractivity contribution in [1.82, 2.24) is 15.2 Å². The zero-order valence-electron chi connectivity index (χ0n) is 13.7. The van der Waals surface area contributed by atoms with Crippen LogP contribution in [0.15, 0.2) is 60.8 Å². The Morgan fingerprint density at radius 2 is 1.65 bits per heavy atom. The summed E-state index contributed by atoms with van der Waals surface area (Å²) in [5.41, 5.74) is 0.935. The first-order valence-corrected chi connectivity index (χ1v) is 7.92. The first-order valence-electron chi connectivity index (χ1n) is 7.92. The molecule has 1 heterocycles. The van der Waals surface area contributed by atoms with Crippen molar-refractivity contribution >= 4 is 17.5 Å². The first-order chi connectivity index (χ1) is 12.5. The second-order valence-corrected chi connectivity index (χ2v) is 5.53. The van der Waals surface area contributed by atoms with E-state index in [1.807, 2.05) is 30.3 Å². The van der Waals surface area contributed by atoms with Crippen molar-refractivity contribution in [1.29, 1.82) is 0 Å². The smallest absolute Gasteiger partial charge is 0.368 e. The van der Waals surface area contributed by atoms with E-state index in [9.17, 15) is 13.2 Å². The van der Waals surface area contributed by atoms with Gasteiger partial charge in [-0.15, -0.1) is 5.10 Å². The van der Waals surface area contributed by atoms with Gasteiger partial charge in [0.05, 0.1) is 11.8 Å². The maximum Gasteiger partial charge on any atom is 0.416 e. The predicted molar refractivity (Wildman–Crippen MR) is 93.2 cm³/mol. The monoisotopic (exact) mass is 359 g/mol. The molecule has 0 aliphatic rings. The molecule has 0 spiro atoms. The van der Waals surface area contributed by atoms with Crippen molar-refractivity contribution < 1.29 is 13.2 Å². The number of nitrogens with zero attached hydrogens (tertiary/aromatic N) is 3. The van der Waals surface area contributed by atoms with Crippen LogP contribution in [0.2, 0.25) is 0 Å². The molecule has 0 saturated heterocycles. The molecule has 0 saturated carbocycles. The lowest BCUT2D eigenvalue weighted by molar-refractivity contribution is -0.137. The minimum absolute atomic E-state index is 0.203. The Morgan fingerprint density at radius 3 is 2.35 bits per heavy atom. The molecule has 8 heteroatoms. The number of aromatic nitrogens is 3. The van der Waals surface area contributed by atoms with Crippen molar-refractivity contribution in [2.45, 2.75) is 12.6 Å². The van der Waals surface area contributed by atoms with Crippen molar-refractivity contribution in [2.75, 3.05) is 17.2 Å². The molecule has 2 N–H and O–H groups in total. The number of alkyl halides is 3. The summed E-state index contributed by atoms with van der Waals surface area (Å²) in [6.07, 6.45) is -2.05. The largest absolute Gasteiger partial charge is 0.416 e. The summed E-state index contributed by atoms with van der Waals surface area (Å²) in [7, 11) is 0. The van der Waals surface area contributed by atoms with Crippen LogP contribution in [0, 0.1) is 0 Å². The van der Waals surface area contributed by atoms with Crippen LogP contribution in [0.25, 0.3) is 0 Å². The van der Waals surface area contributed by atoms with Crippen LogP contribution in [0.1, 0.15) is 11.1 Å². The van der Waals surface area contributed by atoms with Gasteiger partial charge in [-0.3, -0.25) is 0 Å². The molecule has 0 aliphatic heterocycles. The van der Waals surface area contributed by atoms with Gasteiger partial charge in [-0.25, -0.2) is 0 Å². The van der Waals surface area contributed by atoms with E-state index in [-0.39, 0.29) is 5.95 Å². The molecular formula is C18H16F3N5. The van der Waals surface area contributed by atoms with E-state index in [1.165, 1.54) is 23.9 Å². The second kappa shape index (κ2) is 7.81. The normalized spacial score (nSPS) is 11.2. The fourth-order valence-corrected chi connectivity index (χ4v) is 2.29. The van der Waals surface area contributed by atoms with Crippen LogP contribution in [0.3, 0.4) is 0 Å². The van der Waals surface area contributed by atoms with Gasteiger partial charge in [-0.1, -0.05) is 30.3 Å². The Morgan fingerprint density at radius 1 is 0.923 bits per heavy atom. The average Bonchev–Trinajstić information content (AvgIpc) is 2.63. The lowest BCUT2D eigenvalue weighted by atomic mass is 10.1. The molecule has 5 nitrogen and oxygen atoms in total. The second-order valence-electron chi connectivity index (χ2n) is 5.53. The van der Waals surface area contributed by atoms with E-state index in [0.29, 0.717) is 18.1 Å². The summed E-state index contributed by atoms with van der Waals surface area (Å²) in [4.78, 5) is 4.25. The highest BCUT2D eigenvalue weighted by molar-refractivity contribution is 5.54. The molecule has 0 bridgehead atoms. The number of hydrogen-bond acceptors (Lipinski definition) is 5. The van der Waals surface area contributed by atoms with Crippen LogP contribution in [-0.4, -0.2) is 21.7 Å². The van der Waals surface area contributed by atoms with Crippen LogP contribution in [0.4, 0.5) is 30.6 Å². The molecule has 0 aliphatic carbocycles. The predicted octanol–water partition coefficient (Wildman–Crippen LogP) is 4.29. The van der Waals surface area contributed by atoms with Gasteiger partial charge >= 0.3 is 6.18 Å². The fraction of sp³-hybridized carbons (Fsp3) is 0.167. The van der Waals surface area contributed by atoms with Crippen LogP contribution >= 0.6 is 0 Å². The topological polar surface area (TPSA) is 62.7 Å². The summed E-state index contributed by atoms with van der Waals surface area (Å²) >= 11 is 0. The highest BCUT2D eigenvalue weighted by atomic mass is 19.4. The van der Waals surface area contributed by atoms with E-state index in [4.69, 9.17) is 0 Å². The number of benzene rings is 2. The molecular weight excluding hydrogens is 343 g/mol.